The van der Waals surface area contributed by atoms with E-state index in [1.807, 2.05) is 59.3 Å². The summed E-state index contributed by atoms with van der Waals surface area (Å²) in [6, 6.07) is 17.6. The van der Waals surface area contributed by atoms with Crippen LogP contribution < -0.4 is 15.8 Å². The molecule has 1 amide bonds. The van der Waals surface area contributed by atoms with E-state index in [4.69, 9.17) is 15.6 Å². The highest BCUT2D eigenvalue weighted by atomic mass is 16.5. The Balaban J connectivity index is 1.41. The fourth-order valence-corrected chi connectivity index (χ4v) is 5.30. The summed E-state index contributed by atoms with van der Waals surface area (Å²) in [6.07, 6.45) is 6.11. The highest BCUT2D eigenvalue weighted by Gasteiger charge is 2.30. The smallest absolute Gasteiger partial charge is 0.243 e. The summed E-state index contributed by atoms with van der Waals surface area (Å²) < 4.78 is 7.94. The highest BCUT2D eigenvalue weighted by molar-refractivity contribution is 5.98. The van der Waals surface area contributed by atoms with Gasteiger partial charge in [-0.1, -0.05) is 24.8 Å². The zero-order chi connectivity index (χ0) is 27.9. The Morgan fingerprint density at radius 1 is 1.18 bits per heavy atom. The Bertz CT molecular complexity index is 1440. The molecule has 0 aliphatic carbocycles. The molecule has 5 rings (SSSR count). The van der Waals surface area contributed by atoms with Gasteiger partial charge in [0, 0.05) is 31.3 Å². The van der Waals surface area contributed by atoms with E-state index >= 15 is 0 Å². The van der Waals surface area contributed by atoms with E-state index in [-0.39, 0.29) is 24.6 Å². The molecule has 40 heavy (non-hydrogen) atoms. The molecule has 2 aromatic carbocycles. The van der Waals surface area contributed by atoms with Crippen LogP contribution in [-0.4, -0.2) is 67.9 Å². The van der Waals surface area contributed by atoms with E-state index < -0.39 is 0 Å². The molecule has 1 saturated heterocycles. The van der Waals surface area contributed by atoms with Gasteiger partial charge in [0.2, 0.25) is 5.91 Å². The number of carbonyl (C=O) groups excluding carboxylic acids is 1. The quantitative estimate of drug-likeness (QED) is 0.243. The van der Waals surface area contributed by atoms with E-state index in [9.17, 15) is 9.90 Å². The number of aliphatic hydroxyl groups is 1. The molecule has 0 spiro atoms. The lowest BCUT2D eigenvalue weighted by Crippen LogP contribution is -2.48. The maximum atomic E-state index is 11.8. The highest BCUT2D eigenvalue weighted by Crippen LogP contribution is 2.35. The van der Waals surface area contributed by atoms with Crippen molar-refractivity contribution in [1.29, 1.82) is 0 Å². The molecule has 3 heterocycles. The lowest BCUT2D eigenvalue weighted by molar-refractivity contribution is -0.116. The molecule has 0 saturated carbocycles. The summed E-state index contributed by atoms with van der Waals surface area (Å²) in [5.41, 5.74) is 8.69. The topological polar surface area (TPSA) is 131 Å². The number of rotatable bonds is 11. The fraction of sp³-hybridized carbons (Fsp3) is 0.333. The number of carbonyl (C=O) groups is 1. The van der Waals surface area contributed by atoms with Gasteiger partial charge >= 0.3 is 0 Å². The number of fused-ring (bicyclic) bond motifs is 1. The second kappa shape index (κ2) is 12.7. The van der Waals surface area contributed by atoms with Gasteiger partial charge in [0.1, 0.15) is 29.3 Å². The number of likely N-dealkylation sites (tertiary alicyclic amines) is 1. The van der Waals surface area contributed by atoms with Crippen molar-refractivity contribution < 1.29 is 14.6 Å². The van der Waals surface area contributed by atoms with Crippen LogP contribution in [0.5, 0.6) is 11.5 Å². The third-order valence-corrected chi connectivity index (χ3v) is 7.31. The number of para-hydroxylation sites is 1. The maximum Gasteiger partial charge on any atom is 0.243 e. The van der Waals surface area contributed by atoms with Crippen LogP contribution in [0.4, 0.5) is 5.82 Å². The molecule has 0 bridgehead atoms. The Morgan fingerprint density at radius 2 is 1.95 bits per heavy atom. The minimum atomic E-state index is -0.197. The average molecular weight is 542 g/mol. The number of nitrogens with two attached hydrogens (primary N) is 1. The van der Waals surface area contributed by atoms with Gasteiger partial charge in [0.15, 0.2) is 5.65 Å². The van der Waals surface area contributed by atoms with Gasteiger partial charge in [0.05, 0.1) is 11.4 Å². The third kappa shape index (κ3) is 6.13. The summed E-state index contributed by atoms with van der Waals surface area (Å²) in [7, 11) is 0. The average Bonchev–Trinajstić information content (AvgIpc) is 3.39. The van der Waals surface area contributed by atoms with Crippen molar-refractivity contribution in [2.24, 2.45) is 0 Å². The standard InChI is InChI=1S/C30H35N7O3/c1-2-26(39)32-18-22(9-7-17-38)36-16-6-8-23(19-36)37-30-27(29(31)33-20-34-30)28(35-37)21-12-14-25(15-13-21)40-24-10-4-3-5-11-24/h2-5,10-15,20,22-23,38H,1,6-9,16-19H2,(H,32,39)(H2,31,33,34)/t22?,23-/m1/s1. The molecule has 10 heteroatoms. The van der Waals surface area contributed by atoms with Crippen LogP contribution in [0.2, 0.25) is 0 Å². The second-order valence-electron chi connectivity index (χ2n) is 9.95. The first-order valence-electron chi connectivity index (χ1n) is 13.6. The normalized spacial score (nSPS) is 16.5. The number of nitrogen functional groups attached to an aromatic ring is 1. The number of aliphatic hydroxyl groups excluding tert-OH is 1. The first-order valence-corrected chi connectivity index (χ1v) is 13.6. The van der Waals surface area contributed by atoms with Gasteiger partial charge in [-0.15, -0.1) is 0 Å². The van der Waals surface area contributed by atoms with Crippen LogP contribution in [0.3, 0.4) is 0 Å². The van der Waals surface area contributed by atoms with Crippen LogP contribution in [0.1, 0.15) is 31.7 Å². The largest absolute Gasteiger partial charge is 0.457 e. The van der Waals surface area contributed by atoms with E-state index in [1.54, 1.807) is 0 Å². The molecular weight excluding hydrogens is 506 g/mol. The van der Waals surface area contributed by atoms with Crippen molar-refractivity contribution in [1.82, 2.24) is 30.0 Å². The van der Waals surface area contributed by atoms with Crippen molar-refractivity contribution in [2.75, 3.05) is 32.0 Å². The van der Waals surface area contributed by atoms with Crippen molar-refractivity contribution in [2.45, 2.75) is 37.8 Å². The number of nitrogens with one attached hydrogen (secondary N) is 1. The minimum Gasteiger partial charge on any atom is -0.457 e. The van der Waals surface area contributed by atoms with Crippen molar-refractivity contribution >= 4 is 22.8 Å². The van der Waals surface area contributed by atoms with Crippen LogP contribution >= 0.6 is 0 Å². The summed E-state index contributed by atoms with van der Waals surface area (Å²) in [6.45, 7) is 5.80. The fourth-order valence-electron chi connectivity index (χ4n) is 5.30. The number of amides is 1. The lowest BCUT2D eigenvalue weighted by Gasteiger charge is -2.38. The summed E-state index contributed by atoms with van der Waals surface area (Å²) >= 11 is 0. The number of hydrogen-bond acceptors (Lipinski definition) is 8. The van der Waals surface area contributed by atoms with Crippen LogP contribution in [0.25, 0.3) is 22.3 Å². The maximum absolute atomic E-state index is 11.8. The molecule has 2 aromatic heterocycles. The minimum absolute atomic E-state index is 0.0618. The molecule has 208 valence electrons. The Kier molecular flexibility index (Phi) is 8.68. The van der Waals surface area contributed by atoms with Gasteiger partial charge in [-0.3, -0.25) is 9.69 Å². The van der Waals surface area contributed by atoms with E-state index in [0.29, 0.717) is 24.4 Å². The molecule has 1 aliphatic heterocycles. The molecule has 1 fully saturated rings. The lowest BCUT2D eigenvalue weighted by atomic mass is 10.0. The Hall–Kier alpha value is -4.28. The van der Waals surface area contributed by atoms with Crippen LogP contribution in [-0.2, 0) is 4.79 Å². The summed E-state index contributed by atoms with van der Waals surface area (Å²) in [4.78, 5) is 23.1. The number of nitrogens with zero attached hydrogens (tertiary/aromatic N) is 5. The SMILES string of the molecule is C=CC(=O)NCC(CCCO)N1CCC[C@@H](n2nc(-c3ccc(Oc4ccccc4)cc3)c3c(N)ncnc32)C1. The van der Waals surface area contributed by atoms with Gasteiger partial charge < -0.3 is 20.9 Å². The monoisotopic (exact) mass is 541 g/mol. The predicted octanol–water partition coefficient (Wildman–Crippen LogP) is 3.95. The first kappa shape index (κ1) is 27.3. The zero-order valence-electron chi connectivity index (χ0n) is 22.4. The van der Waals surface area contributed by atoms with E-state index in [1.165, 1.54) is 12.4 Å². The molecule has 10 nitrogen and oxygen atoms in total. The van der Waals surface area contributed by atoms with Gasteiger partial charge in [-0.05, 0) is 74.7 Å². The number of hydrogen-bond donors (Lipinski definition) is 3. The van der Waals surface area contributed by atoms with Gasteiger partial charge in [-0.25, -0.2) is 14.6 Å². The summed E-state index contributed by atoms with van der Waals surface area (Å²) in [5.74, 6) is 1.68. The number of benzene rings is 2. The second-order valence-corrected chi connectivity index (χ2v) is 9.95. The molecule has 1 unspecified atom stereocenters. The molecule has 4 aromatic rings. The third-order valence-electron chi connectivity index (χ3n) is 7.31. The molecule has 2 atom stereocenters. The van der Waals surface area contributed by atoms with Crippen molar-refractivity contribution in [3.63, 3.8) is 0 Å². The molecule has 4 N–H and O–H groups in total. The van der Waals surface area contributed by atoms with E-state index in [2.05, 4.69) is 26.8 Å². The zero-order valence-corrected chi connectivity index (χ0v) is 22.4. The Morgan fingerprint density at radius 3 is 2.70 bits per heavy atom. The van der Waals surface area contributed by atoms with Gasteiger partial charge in [0.25, 0.3) is 0 Å². The Labute approximate surface area is 233 Å². The molecular formula is C30H35N7O3. The van der Waals surface area contributed by atoms with Crippen molar-refractivity contribution in [3.05, 3.63) is 73.6 Å². The van der Waals surface area contributed by atoms with Crippen molar-refractivity contribution in [3.8, 4) is 22.8 Å². The molecule has 0 radical (unpaired) electrons. The number of ether oxygens (including phenoxy) is 1. The number of aromatic nitrogens is 4. The van der Waals surface area contributed by atoms with Crippen LogP contribution in [0, 0.1) is 0 Å². The van der Waals surface area contributed by atoms with Gasteiger partial charge in [-0.2, -0.15) is 5.10 Å². The van der Waals surface area contributed by atoms with Crippen LogP contribution in [0.15, 0.2) is 73.6 Å². The predicted molar refractivity (Wildman–Crippen MR) is 155 cm³/mol. The number of anilines is 1. The van der Waals surface area contributed by atoms with E-state index in [0.717, 1.165) is 60.5 Å². The first-order chi connectivity index (χ1) is 19.6. The number of piperidine rings is 1. The summed E-state index contributed by atoms with van der Waals surface area (Å²) in [5, 5.41) is 18.1. The molecule has 1 aliphatic rings.